The van der Waals surface area contributed by atoms with E-state index in [0.29, 0.717) is 11.0 Å². The minimum Gasteiger partial charge on any atom is -0.375 e. The molecule has 1 aromatic heterocycles. The standard InChI is InChI=1S/C11H14N2S/c1-6(2)8-5-4-7(3)9-10(8)14-11(12)13-9/h4-6H,1-3H3,(H2,12,13). The molecule has 1 aromatic carbocycles. The van der Waals surface area contributed by atoms with Crippen LogP contribution in [0.15, 0.2) is 12.1 Å². The fourth-order valence-corrected chi connectivity index (χ4v) is 2.69. The summed E-state index contributed by atoms with van der Waals surface area (Å²) < 4.78 is 1.25. The number of nitrogens with zero attached hydrogens (tertiary/aromatic N) is 1. The van der Waals surface area contributed by atoms with Crippen molar-refractivity contribution in [2.24, 2.45) is 0 Å². The van der Waals surface area contributed by atoms with Crippen LogP contribution >= 0.6 is 11.3 Å². The van der Waals surface area contributed by atoms with E-state index in [2.05, 4.69) is 37.9 Å². The third-order valence-electron chi connectivity index (χ3n) is 2.41. The van der Waals surface area contributed by atoms with Crippen molar-refractivity contribution in [1.29, 1.82) is 0 Å². The average molecular weight is 206 g/mol. The molecule has 0 saturated carbocycles. The first-order valence-electron chi connectivity index (χ1n) is 4.75. The van der Waals surface area contributed by atoms with Crippen LogP contribution in [0.4, 0.5) is 5.13 Å². The van der Waals surface area contributed by atoms with Gasteiger partial charge in [-0.1, -0.05) is 37.3 Å². The molecule has 0 amide bonds. The number of aromatic nitrogens is 1. The van der Waals surface area contributed by atoms with Crippen LogP contribution < -0.4 is 5.73 Å². The fourth-order valence-electron chi connectivity index (χ4n) is 1.62. The number of nitrogen functional groups attached to an aromatic ring is 1. The van der Waals surface area contributed by atoms with Crippen LogP contribution in [0.25, 0.3) is 10.2 Å². The lowest BCUT2D eigenvalue weighted by Gasteiger charge is -2.06. The first kappa shape index (κ1) is 9.46. The van der Waals surface area contributed by atoms with E-state index in [1.807, 2.05) is 0 Å². The van der Waals surface area contributed by atoms with Gasteiger partial charge in [-0.3, -0.25) is 0 Å². The largest absolute Gasteiger partial charge is 0.375 e. The molecular formula is C11H14N2S. The highest BCUT2D eigenvalue weighted by molar-refractivity contribution is 7.22. The lowest BCUT2D eigenvalue weighted by atomic mass is 10.0. The second-order valence-corrected chi connectivity index (χ2v) is 4.89. The molecule has 0 bridgehead atoms. The third kappa shape index (κ3) is 1.38. The molecular weight excluding hydrogens is 192 g/mol. The smallest absolute Gasteiger partial charge is 0.181 e. The molecule has 0 spiro atoms. The van der Waals surface area contributed by atoms with E-state index >= 15 is 0 Å². The first-order valence-corrected chi connectivity index (χ1v) is 5.56. The Labute approximate surface area is 87.8 Å². The number of hydrogen-bond donors (Lipinski definition) is 1. The normalized spacial score (nSPS) is 11.4. The lowest BCUT2D eigenvalue weighted by Crippen LogP contribution is -1.88. The van der Waals surface area contributed by atoms with Gasteiger partial charge in [-0.05, 0) is 24.0 Å². The van der Waals surface area contributed by atoms with Crippen molar-refractivity contribution in [2.45, 2.75) is 26.7 Å². The fraction of sp³-hybridized carbons (Fsp3) is 0.364. The molecule has 0 aliphatic rings. The summed E-state index contributed by atoms with van der Waals surface area (Å²) in [5.74, 6) is 0.526. The molecule has 0 saturated heterocycles. The van der Waals surface area contributed by atoms with E-state index < -0.39 is 0 Å². The van der Waals surface area contributed by atoms with Crippen molar-refractivity contribution in [3.05, 3.63) is 23.3 Å². The molecule has 3 heteroatoms. The highest BCUT2D eigenvalue weighted by atomic mass is 32.1. The van der Waals surface area contributed by atoms with Crippen molar-refractivity contribution in [3.63, 3.8) is 0 Å². The number of thiazole rings is 1. The topological polar surface area (TPSA) is 38.9 Å². The van der Waals surface area contributed by atoms with Crippen molar-refractivity contribution in [3.8, 4) is 0 Å². The number of benzene rings is 1. The van der Waals surface area contributed by atoms with Gasteiger partial charge in [0.15, 0.2) is 5.13 Å². The number of aryl methyl sites for hydroxylation is 1. The molecule has 0 aliphatic heterocycles. The monoisotopic (exact) mass is 206 g/mol. The van der Waals surface area contributed by atoms with Gasteiger partial charge < -0.3 is 5.73 Å². The summed E-state index contributed by atoms with van der Waals surface area (Å²) in [6.07, 6.45) is 0. The highest BCUT2D eigenvalue weighted by Gasteiger charge is 2.10. The zero-order valence-electron chi connectivity index (χ0n) is 8.66. The molecule has 2 aromatic rings. The number of fused-ring (bicyclic) bond motifs is 1. The molecule has 2 nitrogen and oxygen atoms in total. The summed E-state index contributed by atoms with van der Waals surface area (Å²) in [6, 6.07) is 4.30. The lowest BCUT2D eigenvalue weighted by molar-refractivity contribution is 0.877. The highest BCUT2D eigenvalue weighted by Crippen LogP contribution is 2.33. The van der Waals surface area contributed by atoms with Crippen molar-refractivity contribution >= 4 is 26.7 Å². The van der Waals surface area contributed by atoms with E-state index in [-0.39, 0.29) is 0 Å². The van der Waals surface area contributed by atoms with Crippen molar-refractivity contribution < 1.29 is 0 Å². The summed E-state index contributed by atoms with van der Waals surface area (Å²) >= 11 is 1.59. The molecule has 74 valence electrons. The van der Waals surface area contributed by atoms with Gasteiger partial charge in [0, 0.05) is 0 Å². The van der Waals surface area contributed by atoms with Gasteiger partial charge in [-0.25, -0.2) is 4.98 Å². The Morgan fingerprint density at radius 3 is 2.71 bits per heavy atom. The van der Waals surface area contributed by atoms with E-state index in [4.69, 9.17) is 5.73 Å². The summed E-state index contributed by atoms with van der Waals surface area (Å²) in [7, 11) is 0. The maximum atomic E-state index is 5.74. The number of anilines is 1. The van der Waals surface area contributed by atoms with Gasteiger partial charge in [0.2, 0.25) is 0 Å². The van der Waals surface area contributed by atoms with Gasteiger partial charge in [-0.2, -0.15) is 0 Å². The Balaban J connectivity index is 2.81. The third-order valence-corrected chi connectivity index (χ3v) is 3.35. The van der Waals surface area contributed by atoms with Gasteiger partial charge >= 0.3 is 0 Å². The molecule has 2 N–H and O–H groups in total. The zero-order valence-corrected chi connectivity index (χ0v) is 9.48. The Hall–Kier alpha value is -1.09. The van der Waals surface area contributed by atoms with Crippen molar-refractivity contribution in [1.82, 2.24) is 4.98 Å². The molecule has 1 heterocycles. The van der Waals surface area contributed by atoms with Crippen molar-refractivity contribution in [2.75, 3.05) is 5.73 Å². The predicted octanol–water partition coefficient (Wildman–Crippen LogP) is 3.31. The molecule has 0 unspecified atom stereocenters. The summed E-state index contributed by atoms with van der Waals surface area (Å²) in [6.45, 7) is 6.46. The quantitative estimate of drug-likeness (QED) is 0.777. The molecule has 0 fully saturated rings. The van der Waals surface area contributed by atoms with Crippen LogP contribution in [0, 0.1) is 6.92 Å². The Morgan fingerprint density at radius 1 is 1.36 bits per heavy atom. The van der Waals surface area contributed by atoms with E-state index in [9.17, 15) is 0 Å². The Bertz CT molecular complexity index is 471. The van der Waals surface area contributed by atoms with Crippen LogP contribution in [0.5, 0.6) is 0 Å². The Kier molecular flexibility index (Phi) is 2.19. The van der Waals surface area contributed by atoms with Crippen LogP contribution in [-0.4, -0.2) is 4.98 Å². The predicted molar refractivity (Wildman–Crippen MR) is 62.9 cm³/mol. The van der Waals surface area contributed by atoms with Gasteiger partial charge in [0.1, 0.15) is 0 Å². The summed E-state index contributed by atoms with van der Waals surface area (Å²) in [5.41, 5.74) is 9.36. The van der Waals surface area contributed by atoms with Crippen LogP contribution in [0.3, 0.4) is 0 Å². The van der Waals surface area contributed by atoms with Gasteiger partial charge in [0.25, 0.3) is 0 Å². The van der Waals surface area contributed by atoms with E-state index in [0.717, 1.165) is 5.52 Å². The SMILES string of the molecule is Cc1ccc(C(C)C)c2sc(N)nc12. The first-order chi connectivity index (χ1) is 6.59. The summed E-state index contributed by atoms with van der Waals surface area (Å²) in [5, 5.41) is 0.663. The second kappa shape index (κ2) is 3.24. The van der Waals surface area contributed by atoms with Crippen LogP contribution in [0.1, 0.15) is 30.9 Å². The van der Waals surface area contributed by atoms with Crippen LogP contribution in [-0.2, 0) is 0 Å². The van der Waals surface area contributed by atoms with Crippen LogP contribution in [0.2, 0.25) is 0 Å². The number of rotatable bonds is 1. The maximum Gasteiger partial charge on any atom is 0.181 e. The minimum atomic E-state index is 0.526. The Morgan fingerprint density at radius 2 is 2.07 bits per heavy atom. The molecule has 14 heavy (non-hydrogen) atoms. The molecule has 2 rings (SSSR count). The van der Waals surface area contributed by atoms with E-state index in [1.54, 1.807) is 11.3 Å². The van der Waals surface area contributed by atoms with Gasteiger partial charge in [0.05, 0.1) is 10.2 Å². The average Bonchev–Trinajstić information content (AvgIpc) is 2.47. The minimum absolute atomic E-state index is 0.526. The van der Waals surface area contributed by atoms with E-state index in [1.165, 1.54) is 15.8 Å². The number of nitrogens with two attached hydrogens (primary N) is 1. The molecule has 0 aliphatic carbocycles. The molecule has 0 radical (unpaired) electrons. The van der Waals surface area contributed by atoms with Gasteiger partial charge in [-0.15, -0.1) is 0 Å². The zero-order chi connectivity index (χ0) is 10.3. The summed E-state index contributed by atoms with van der Waals surface area (Å²) in [4.78, 5) is 4.35. The second-order valence-electron chi connectivity index (χ2n) is 3.86. The number of hydrogen-bond acceptors (Lipinski definition) is 3. The molecule has 0 atom stereocenters. The maximum absolute atomic E-state index is 5.74.